The van der Waals surface area contributed by atoms with Crippen LogP contribution in [0.25, 0.3) is 22.2 Å². The fraction of sp³-hybridized carbons (Fsp3) is 0.0625. The van der Waals surface area contributed by atoms with Crippen LogP contribution in [0, 0.1) is 6.92 Å². The maximum atomic E-state index is 12.2. The summed E-state index contributed by atoms with van der Waals surface area (Å²) in [5.41, 5.74) is 2.90. The number of aromatic amines is 1. The number of pyridine rings is 1. The molecule has 0 fully saturated rings. The van der Waals surface area contributed by atoms with Crippen LogP contribution in [-0.2, 0) is 31.0 Å². The third kappa shape index (κ3) is 2.21. The quantitative estimate of drug-likeness (QED) is 0.715. The first-order chi connectivity index (χ1) is 9.58. The van der Waals surface area contributed by atoms with E-state index in [0.717, 1.165) is 42.0 Å². The molecule has 0 saturated heterocycles. The number of fused-ring (bicyclic) bond motifs is 1. The molecule has 0 atom stereocenters. The summed E-state index contributed by atoms with van der Waals surface area (Å²) in [5.74, 6) is -0.219. The Bertz CT molecular complexity index is 868. The average Bonchev–Trinajstić information content (AvgIpc) is 2.46. The summed E-state index contributed by atoms with van der Waals surface area (Å²) < 4.78 is 1.31. The van der Waals surface area contributed by atoms with Gasteiger partial charge in [0.05, 0.1) is 0 Å². The van der Waals surface area contributed by atoms with Gasteiger partial charge in [0.1, 0.15) is 0 Å². The van der Waals surface area contributed by atoms with Gasteiger partial charge in [0, 0.05) is 0 Å². The number of hydrogen-bond acceptors (Lipinski definition) is 2. The fourth-order valence-electron chi connectivity index (χ4n) is 2.27. The van der Waals surface area contributed by atoms with E-state index in [0.29, 0.717) is 11.1 Å². The van der Waals surface area contributed by atoms with Gasteiger partial charge in [-0.05, 0) is 0 Å². The summed E-state index contributed by atoms with van der Waals surface area (Å²) in [6.07, 6.45) is 0. The molecular weight excluding hydrogens is 327 g/mol. The second-order valence-corrected chi connectivity index (χ2v) is 6.32. The first-order valence-corrected chi connectivity index (χ1v) is 7.70. The van der Waals surface area contributed by atoms with Crippen molar-refractivity contribution in [2.75, 3.05) is 0 Å². The molecule has 0 bridgehead atoms. The van der Waals surface area contributed by atoms with Crippen LogP contribution in [0.1, 0.15) is 5.56 Å². The Labute approximate surface area is 136 Å². The Kier molecular flexibility index (Phi) is 3.49. The number of aromatic nitrogens is 1. The number of H-pyrrole nitrogens is 1. The molecule has 2 N–H and O–H groups in total. The number of rotatable bonds is 1. The minimum atomic E-state index is -0.332. The molecule has 0 spiro atoms. The number of aromatic hydroxyl groups is 1. The van der Waals surface area contributed by atoms with Gasteiger partial charge < -0.3 is 0 Å². The predicted molar refractivity (Wildman–Crippen MR) is 76.0 cm³/mol. The van der Waals surface area contributed by atoms with Crippen LogP contribution in [0.2, 0.25) is 0 Å². The Morgan fingerprint density at radius 1 is 1.15 bits per heavy atom. The van der Waals surface area contributed by atoms with Crippen LogP contribution in [0.15, 0.2) is 47.3 Å². The number of hydrogen-bond donors (Lipinski definition) is 2. The van der Waals surface area contributed by atoms with Gasteiger partial charge in [-0.15, -0.1) is 0 Å². The van der Waals surface area contributed by atoms with Crippen molar-refractivity contribution < 1.29 is 36.1 Å². The van der Waals surface area contributed by atoms with Gasteiger partial charge in [0.15, 0.2) is 0 Å². The summed E-state index contributed by atoms with van der Waals surface area (Å²) in [6.45, 7) is 2.04. The van der Waals surface area contributed by atoms with Gasteiger partial charge in [0.25, 0.3) is 0 Å². The fourth-order valence-corrected chi connectivity index (χ4v) is 2.71. The van der Waals surface area contributed by atoms with E-state index in [2.05, 4.69) is 4.98 Å². The van der Waals surface area contributed by atoms with E-state index in [9.17, 15) is 9.90 Å². The zero-order valence-electron chi connectivity index (χ0n) is 11.0. The molecule has 96 valence electrons. The van der Waals surface area contributed by atoms with Crippen LogP contribution in [0.5, 0.6) is 5.75 Å². The standard InChI is InChI=1S/C16H12NO2.Y/c1-10-5-4-6-11(9-10)14-16(19)15(18)12-7-2-3-8-13(12)17-14;/h2-4,6-9,19H,1H3,(H,17,18);. The molecule has 3 nitrogen and oxygen atoms in total. The van der Waals surface area contributed by atoms with E-state index >= 15 is 0 Å². The maximum absolute atomic E-state index is 12.2. The molecule has 0 radical (unpaired) electrons. The molecule has 2 aromatic carbocycles. The first kappa shape index (κ1) is 13.5. The third-order valence-electron chi connectivity index (χ3n) is 3.44. The Hall–Kier alpha value is -1.45. The number of nitrogens with one attached hydrogen (secondary N) is 1. The molecule has 1 heterocycles. The van der Waals surface area contributed by atoms with Gasteiger partial charge in [-0.25, -0.2) is 0 Å². The molecule has 0 aliphatic heterocycles. The van der Waals surface area contributed by atoms with Crippen LogP contribution >= 0.6 is 0 Å². The molecule has 1 aromatic heterocycles. The molecule has 4 heteroatoms. The van der Waals surface area contributed by atoms with Crippen LogP contribution in [-0.4, -0.2) is 10.1 Å². The van der Waals surface area contributed by atoms with E-state index in [4.69, 9.17) is 0 Å². The predicted octanol–water partition coefficient (Wildman–Crippen LogP) is 2.38. The second kappa shape index (κ2) is 5.15. The normalized spacial score (nSPS) is 10.8. The van der Waals surface area contributed by atoms with Crippen LogP contribution in [0.3, 0.4) is 0 Å². The van der Waals surface area contributed by atoms with Crippen LogP contribution in [0.4, 0.5) is 0 Å². The van der Waals surface area contributed by atoms with Crippen molar-refractivity contribution in [1.29, 1.82) is 0 Å². The van der Waals surface area contributed by atoms with E-state index in [1.165, 1.54) is 7.94 Å². The molecule has 0 aliphatic rings. The summed E-state index contributed by atoms with van der Waals surface area (Å²) in [4.78, 5) is 15.4. The molecule has 0 saturated carbocycles. The van der Waals surface area contributed by atoms with Crippen molar-refractivity contribution in [2.45, 2.75) is 6.92 Å². The van der Waals surface area contributed by atoms with Crippen molar-refractivity contribution >= 4 is 13.3 Å². The number of aryl methyl sites for hydroxylation is 1. The Morgan fingerprint density at radius 2 is 1.90 bits per heavy atom. The monoisotopic (exact) mass is 339 g/mol. The van der Waals surface area contributed by atoms with E-state index in [1.54, 1.807) is 12.1 Å². The molecule has 0 unspecified atom stereocenters. The molecular formula is C16H12NO2Y. The average molecular weight is 339 g/mol. The van der Waals surface area contributed by atoms with Crippen LogP contribution < -0.4 is 7.80 Å². The Balaban J connectivity index is 2.33. The Morgan fingerprint density at radius 3 is 2.65 bits per heavy atom. The van der Waals surface area contributed by atoms with Crippen molar-refractivity contribution in [3.8, 4) is 17.0 Å². The summed E-state index contributed by atoms with van der Waals surface area (Å²) >= 11 is 1.05. The van der Waals surface area contributed by atoms with Gasteiger partial charge >= 0.3 is 137 Å². The van der Waals surface area contributed by atoms with Crippen molar-refractivity contribution in [3.63, 3.8) is 0 Å². The third-order valence-corrected chi connectivity index (χ3v) is 5.03. The van der Waals surface area contributed by atoms with Gasteiger partial charge in [-0.1, -0.05) is 0 Å². The number of para-hydroxylation sites is 1. The van der Waals surface area contributed by atoms with Crippen molar-refractivity contribution in [3.05, 3.63) is 58.3 Å². The summed E-state index contributed by atoms with van der Waals surface area (Å²) in [5, 5.41) is 10.7. The van der Waals surface area contributed by atoms with Crippen molar-refractivity contribution in [1.82, 2.24) is 4.98 Å². The van der Waals surface area contributed by atoms with Gasteiger partial charge in [-0.3, -0.25) is 0 Å². The topological polar surface area (TPSA) is 53.1 Å². The second-order valence-electron chi connectivity index (χ2n) is 4.79. The zero-order valence-corrected chi connectivity index (χ0v) is 13.8. The van der Waals surface area contributed by atoms with E-state index < -0.39 is 0 Å². The first-order valence-electron chi connectivity index (χ1n) is 6.28. The summed E-state index contributed by atoms with van der Waals surface area (Å²) in [7, 11) is 0. The van der Waals surface area contributed by atoms with E-state index in [-0.39, 0.29) is 11.2 Å². The molecule has 3 rings (SSSR count). The number of benzene rings is 2. The summed E-state index contributed by atoms with van der Waals surface area (Å²) in [6, 6.07) is 13.2. The van der Waals surface area contributed by atoms with Gasteiger partial charge in [-0.2, -0.15) is 0 Å². The zero-order chi connectivity index (χ0) is 14.3. The minimum absolute atomic E-state index is 0.219. The molecule has 20 heavy (non-hydrogen) atoms. The molecule has 3 aromatic rings. The molecule has 0 amide bonds. The van der Waals surface area contributed by atoms with Crippen molar-refractivity contribution in [2.24, 2.45) is 0 Å². The van der Waals surface area contributed by atoms with E-state index in [1.807, 2.05) is 37.3 Å². The molecule has 0 aliphatic carbocycles. The van der Waals surface area contributed by atoms with Gasteiger partial charge in [0.2, 0.25) is 0 Å². The SMILES string of the molecule is Cc1cc(-c2[nH]c3ccccc3c(=O)c2O)cc[c]1[Y].